The summed E-state index contributed by atoms with van der Waals surface area (Å²) in [6.45, 7) is 1.67. The SMILES string of the molecule is CC(c1ccc(-n2cncn2)cc1)N(C)C(=O)CCNS(=O)(=O)c1ccc(OC(F)(F)F)cc1. The maximum absolute atomic E-state index is 12.6. The van der Waals surface area contributed by atoms with Crippen molar-refractivity contribution in [2.24, 2.45) is 0 Å². The van der Waals surface area contributed by atoms with E-state index < -0.39 is 22.1 Å². The zero-order chi connectivity index (χ0) is 24.9. The smallest absolute Gasteiger partial charge is 0.406 e. The fourth-order valence-electron chi connectivity index (χ4n) is 3.06. The Bertz CT molecular complexity index is 1200. The van der Waals surface area contributed by atoms with Gasteiger partial charge in [0.05, 0.1) is 16.6 Å². The molecule has 0 fully saturated rings. The molecule has 0 aliphatic heterocycles. The Balaban J connectivity index is 1.53. The molecule has 2 aromatic carbocycles. The van der Waals surface area contributed by atoms with Crippen molar-refractivity contribution in [2.45, 2.75) is 30.6 Å². The van der Waals surface area contributed by atoms with Crippen LogP contribution in [0.2, 0.25) is 0 Å². The normalized spacial score (nSPS) is 12.9. The van der Waals surface area contributed by atoms with E-state index in [0.717, 1.165) is 35.5 Å². The minimum absolute atomic E-state index is 0.105. The van der Waals surface area contributed by atoms with Crippen molar-refractivity contribution in [1.29, 1.82) is 0 Å². The first-order valence-electron chi connectivity index (χ1n) is 10.0. The molecule has 0 saturated heterocycles. The zero-order valence-corrected chi connectivity index (χ0v) is 19.0. The van der Waals surface area contributed by atoms with Gasteiger partial charge in [-0.15, -0.1) is 13.2 Å². The van der Waals surface area contributed by atoms with Crippen LogP contribution in [0, 0.1) is 0 Å². The molecule has 1 aromatic heterocycles. The van der Waals surface area contributed by atoms with E-state index in [2.05, 4.69) is 19.5 Å². The third-order valence-electron chi connectivity index (χ3n) is 5.03. The van der Waals surface area contributed by atoms with E-state index in [4.69, 9.17) is 0 Å². The van der Waals surface area contributed by atoms with Gasteiger partial charge in [-0.1, -0.05) is 12.1 Å². The van der Waals surface area contributed by atoms with Gasteiger partial charge in [-0.3, -0.25) is 4.79 Å². The first-order valence-corrected chi connectivity index (χ1v) is 11.5. The molecule has 1 N–H and O–H groups in total. The molecule has 0 saturated carbocycles. The van der Waals surface area contributed by atoms with E-state index in [9.17, 15) is 26.4 Å². The second kappa shape index (κ2) is 10.2. The lowest BCUT2D eigenvalue weighted by atomic mass is 10.1. The number of carbonyl (C=O) groups excluding carboxylic acids is 1. The van der Waals surface area contributed by atoms with E-state index in [0.29, 0.717) is 0 Å². The Morgan fingerprint density at radius 3 is 2.35 bits per heavy atom. The molecular formula is C21H22F3N5O4S. The van der Waals surface area contributed by atoms with E-state index in [1.54, 1.807) is 18.1 Å². The van der Waals surface area contributed by atoms with Crippen LogP contribution in [0.15, 0.2) is 66.1 Å². The second-order valence-electron chi connectivity index (χ2n) is 7.28. The quantitative estimate of drug-likeness (QED) is 0.487. The van der Waals surface area contributed by atoms with Crippen LogP contribution in [0.25, 0.3) is 5.69 Å². The standard InChI is InChI=1S/C21H22F3N5O4S/c1-15(16-3-5-17(6-4-16)29-14-25-13-26-29)28(2)20(30)11-12-27-34(31,32)19-9-7-18(8-10-19)33-21(22,23)24/h3-10,13-15,27H,11-12H2,1-2H3. The number of carbonyl (C=O) groups is 1. The van der Waals surface area contributed by atoms with Crippen LogP contribution < -0.4 is 9.46 Å². The third-order valence-corrected chi connectivity index (χ3v) is 6.51. The third kappa shape index (κ3) is 6.54. The number of sulfonamides is 1. The van der Waals surface area contributed by atoms with Crippen molar-refractivity contribution in [1.82, 2.24) is 24.4 Å². The van der Waals surface area contributed by atoms with Crippen LogP contribution in [0.3, 0.4) is 0 Å². The molecule has 1 unspecified atom stereocenters. The largest absolute Gasteiger partial charge is 0.573 e. The highest BCUT2D eigenvalue weighted by molar-refractivity contribution is 7.89. The number of alkyl halides is 3. The molecule has 0 aliphatic carbocycles. The van der Waals surface area contributed by atoms with Gasteiger partial charge >= 0.3 is 6.36 Å². The van der Waals surface area contributed by atoms with Crippen molar-refractivity contribution in [3.63, 3.8) is 0 Å². The zero-order valence-electron chi connectivity index (χ0n) is 18.2. The number of rotatable bonds is 9. The van der Waals surface area contributed by atoms with Gasteiger partial charge in [0.1, 0.15) is 18.4 Å². The Morgan fingerprint density at radius 2 is 1.79 bits per heavy atom. The summed E-state index contributed by atoms with van der Waals surface area (Å²) in [5.74, 6) is -0.823. The minimum Gasteiger partial charge on any atom is -0.406 e. The number of nitrogens with zero attached hydrogens (tertiary/aromatic N) is 4. The molecule has 34 heavy (non-hydrogen) atoms. The average molecular weight is 497 g/mol. The Hall–Kier alpha value is -3.45. The summed E-state index contributed by atoms with van der Waals surface area (Å²) in [5.41, 5.74) is 1.69. The fourth-order valence-corrected chi connectivity index (χ4v) is 4.09. The van der Waals surface area contributed by atoms with Gasteiger partial charge in [0, 0.05) is 20.0 Å². The Labute approximate surface area is 194 Å². The molecule has 9 nitrogen and oxygen atoms in total. The first-order chi connectivity index (χ1) is 16.0. The number of hydrogen-bond donors (Lipinski definition) is 1. The number of halogens is 3. The van der Waals surface area contributed by atoms with Crippen molar-refractivity contribution in [3.05, 3.63) is 66.7 Å². The molecule has 0 radical (unpaired) electrons. The number of hydrogen-bond acceptors (Lipinski definition) is 6. The van der Waals surface area contributed by atoms with E-state index >= 15 is 0 Å². The van der Waals surface area contributed by atoms with Crippen molar-refractivity contribution in [3.8, 4) is 11.4 Å². The van der Waals surface area contributed by atoms with Gasteiger partial charge in [-0.05, 0) is 48.9 Å². The van der Waals surface area contributed by atoms with Crippen LogP contribution in [0.4, 0.5) is 13.2 Å². The summed E-state index contributed by atoms with van der Waals surface area (Å²) < 4.78 is 69.0. The van der Waals surface area contributed by atoms with Crippen molar-refractivity contribution >= 4 is 15.9 Å². The monoisotopic (exact) mass is 497 g/mol. The second-order valence-corrected chi connectivity index (χ2v) is 9.05. The Kier molecular flexibility index (Phi) is 7.57. The van der Waals surface area contributed by atoms with Crippen molar-refractivity contribution in [2.75, 3.05) is 13.6 Å². The number of benzene rings is 2. The molecular weight excluding hydrogens is 475 g/mol. The lowest BCUT2D eigenvalue weighted by molar-refractivity contribution is -0.274. The summed E-state index contributed by atoms with van der Waals surface area (Å²) in [7, 11) is -2.39. The van der Waals surface area contributed by atoms with Crippen molar-refractivity contribution < 1.29 is 31.1 Å². The number of amides is 1. The van der Waals surface area contributed by atoms with Gasteiger partial charge in [-0.25, -0.2) is 22.8 Å². The molecule has 1 atom stereocenters. The van der Waals surface area contributed by atoms with E-state index in [1.165, 1.54) is 11.2 Å². The predicted octanol–water partition coefficient (Wildman–Crippen LogP) is 3.05. The molecule has 1 amide bonds. The maximum Gasteiger partial charge on any atom is 0.573 e. The van der Waals surface area contributed by atoms with Gasteiger partial charge in [-0.2, -0.15) is 5.10 Å². The summed E-state index contributed by atoms with van der Waals surface area (Å²) in [6, 6.07) is 10.9. The topological polar surface area (TPSA) is 106 Å². The predicted molar refractivity (Wildman–Crippen MR) is 115 cm³/mol. The molecule has 1 heterocycles. The number of aromatic nitrogens is 3. The van der Waals surface area contributed by atoms with Gasteiger partial charge in [0.15, 0.2) is 0 Å². The Morgan fingerprint density at radius 1 is 1.15 bits per heavy atom. The van der Waals surface area contributed by atoms with Crippen LogP contribution in [-0.4, -0.2) is 53.9 Å². The molecule has 0 aliphatic rings. The number of nitrogens with one attached hydrogen (secondary N) is 1. The molecule has 0 bridgehead atoms. The summed E-state index contributed by atoms with van der Waals surface area (Å²) in [4.78, 5) is 17.7. The van der Waals surface area contributed by atoms with E-state index in [-0.39, 0.29) is 29.8 Å². The summed E-state index contributed by atoms with van der Waals surface area (Å²) in [5, 5.41) is 4.05. The molecule has 0 spiro atoms. The lowest BCUT2D eigenvalue weighted by Gasteiger charge is -2.25. The van der Waals surface area contributed by atoms with E-state index in [1.807, 2.05) is 31.2 Å². The molecule has 13 heteroatoms. The summed E-state index contributed by atoms with van der Waals surface area (Å²) >= 11 is 0. The lowest BCUT2D eigenvalue weighted by Crippen LogP contribution is -2.33. The first kappa shape index (κ1) is 25.2. The van der Waals surface area contributed by atoms with Crippen LogP contribution >= 0.6 is 0 Å². The van der Waals surface area contributed by atoms with Crippen LogP contribution in [-0.2, 0) is 14.8 Å². The molecule has 182 valence electrons. The van der Waals surface area contributed by atoms with Gasteiger partial charge in [0.25, 0.3) is 0 Å². The highest BCUT2D eigenvalue weighted by Crippen LogP contribution is 2.24. The van der Waals surface area contributed by atoms with Gasteiger partial charge < -0.3 is 9.64 Å². The highest BCUT2D eigenvalue weighted by atomic mass is 32.2. The molecule has 3 aromatic rings. The number of ether oxygens (including phenoxy) is 1. The van der Waals surface area contributed by atoms with Crippen LogP contribution in [0.5, 0.6) is 5.75 Å². The fraction of sp³-hybridized carbons (Fsp3) is 0.286. The maximum atomic E-state index is 12.6. The van der Waals surface area contributed by atoms with Crippen LogP contribution in [0.1, 0.15) is 24.9 Å². The van der Waals surface area contributed by atoms with Gasteiger partial charge in [0.2, 0.25) is 15.9 Å². The molecule has 3 rings (SSSR count). The average Bonchev–Trinajstić information content (AvgIpc) is 3.32. The highest BCUT2D eigenvalue weighted by Gasteiger charge is 2.31. The summed E-state index contributed by atoms with van der Waals surface area (Å²) in [6.07, 6.45) is -1.98. The minimum atomic E-state index is -4.87.